The number of nitrogens with one attached hydrogen (secondary N) is 1. The molecule has 0 aliphatic carbocycles. The number of amides is 1. The highest BCUT2D eigenvalue weighted by atomic mass is 79.9. The topological polar surface area (TPSA) is 75.6 Å². The summed E-state index contributed by atoms with van der Waals surface area (Å²) in [6.07, 6.45) is 0. The number of fused-ring (bicyclic) bond motifs is 1. The van der Waals surface area contributed by atoms with Crippen LogP contribution in [0.4, 0.5) is 0 Å². The largest absolute Gasteiger partial charge is 0.492 e. The lowest BCUT2D eigenvalue weighted by Crippen LogP contribution is -2.41. The first-order valence-corrected chi connectivity index (χ1v) is 7.04. The Morgan fingerprint density at radius 3 is 2.85 bits per heavy atom. The van der Waals surface area contributed by atoms with Gasteiger partial charge in [-0.25, -0.2) is 0 Å². The van der Waals surface area contributed by atoms with Crippen LogP contribution in [-0.2, 0) is 9.59 Å². The number of carboxylic acid groups (broad SMARTS) is 1. The maximum atomic E-state index is 12.2. The summed E-state index contributed by atoms with van der Waals surface area (Å²) >= 11 is 3.37. The summed E-state index contributed by atoms with van der Waals surface area (Å²) in [5.74, 6) is -0.849. The predicted molar refractivity (Wildman–Crippen MR) is 76.8 cm³/mol. The predicted octanol–water partition coefficient (Wildman–Crippen LogP) is 2.15. The van der Waals surface area contributed by atoms with Gasteiger partial charge in [0.25, 0.3) is 0 Å². The van der Waals surface area contributed by atoms with Crippen LogP contribution < -0.4 is 10.1 Å². The zero-order chi connectivity index (χ0) is 14.9. The van der Waals surface area contributed by atoms with Gasteiger partial charge in [-0.3, -0.25) is 9.59 Å². The van der Waals surface area contributed by atoms with Gasteiger partial charge in [-0.15, -0.1) is 0 Å². The quantitative estimate of drug-likeness (QED) is 0.879. The summed E-state index contributed by atoms with van der Waals surface area (Å²) in [6, 6.07) is 5.52. The molecule has 108 valence electrons. The summed E-state index contributed by atoms with van der Waals surface area (Å²) in [7, 11) is 0. The molecule has 1 aliphatic heterocycles. The van der Waals surface area contributed by atoms with Crippen molar-refractivity contribution in [2.75, 3.05) is 13.2 Å². The second-order valence-corrected chi connectivity index (χ2v) is 6.37. The minimum absolute atomic E-state index is 0.0843. The molecule has 1 aromatic rings. The summed E-state index contributed by atoms with van der Waals surface area (Å²) < 4.78 is 6.35. The van der Waals surface area contributed by atoms with E-state index in [9.17, 15) is 9.59 Å². The van der Waals surface area contributed by atoms with Crippen molar-refractivity contribution in [2.45, 2.75) is 19.8 Å². The molecule has 20 heavy (non-hydrogen) atoms. The number of halogens is 1. The molecule has 0 saturated heterocycles. The third kappa shape index (κ3) is 2.95. The molecule has 1 amide bonds. The standard InChI is InChI=1S/C14H16BrNO4/c1-14(2,13(18)19)7-16-12(17)10-6-20-11-4-3-8(15)5-9(10)11/h3-5,10H,6-7H2,1-2H3,(H,16,17)(H,18,19). The van der Waals surface area contributed by atoms with Crippen LogP contribution in [0.1, 0.15) is 25.3 Å². The highest BCUT2D eigenvalue weighted by Crippen LogP contribution is 2.36. The van der Waals surface area contributed by atoms with Crippen molar-refractivity contribution in [1.82, 2.24) is 5.32 Å². The second-order valence-electron chi connectivity index (χ2n) is 5.45. The SMILES string of the molecule is CC(C)(CNC(=O)C1COc2ccc(Br)cc21)C(=O)O. The molecule has 0 aromatic heterocycles. The van der Waals surface area contributed by atoms with Gasteiger partial charge in [0.05, 0.1) is 5.41 Å². The Bertz CT molecular complexity index is 556. The molecule has 5 nitrogen and oxygen atoms in total. The highest BCUT2D eigenvalue weighted by molar-refractivity contribution is 9.10. The van der Waals surface area contributed by atoms with Gasteiger partial charge in [0.15, 0.2) is 0 Å². The van der Waals surface area contributed by atoms with Crippen molar-refractivity contribution < 1.29 is 19.4 Å². The molecule has 1 aromatic carbocycles. The van der Waals surface area contributed by atoms with Gasteiger partial charge in [0.2, 0.25) is 5.91 Å². The minimum Gasteiger partial charge on any atom is -0.492 e. The van der Waals surface area contributed by atoms with E-state index in [0.717, 1.165) is 10.0 Å². The van der Waals surface area contributed by atoms with E-state index in [-0.39, 0.29) is 19.1 Å². The maximum Gasteiger partial charge on any atom is 0.310 e. The van der Waals surface area contributed by atoms with Crippen LogP contribution in [0.25, 0.3) is 0 Å². The van der Waals surface area contributed by atoms with Gasteiger partial charge in [-0.2, -0.15) is 0 Å². The van der Waals surface area contributed by atoms with E-state index in [1.807, 2.05) is 18.2 Å². The van der Waals surface area contributed by atoms with E-state index in [1.165, 1.54) is 0 Å². The van der Waals surface area contributed by atoms with Gasteiger partial charge < -0.3 is 15.2 Å². The molecule has 1 atom stereocenters. The molecule has 1 aliphatic rings. The molecule has 1 unspecified atom stereocenters. The Morgan fingerprint density at radius 2 is 2.20 bits per heavy atom. The molecule has 0 bridgehead atoms. The molecule has 0 radical (unpaired) electrons. The average Bonchev–Trinajstić information content (AvgIpc) is 2.78. The summed E-state index contributed by atoms with van der Waals surface area (Å²) in [5, 5.41) is 11.7. The molecule has 2 rings (SSSR count). The smallest absolute Gasteiger partial charge is 0.310 e. The molecule has 0 spiro atoms. The van der Waals surface area contributed by atoms with Gasteiger partial charge in [0, 0.05) is 16.6 Å². The Hall–Kier alpha value is -1.56. The Morgan fingerprint density at radius 1 is 1.50 bits per heavy atom. The number of ether oxygens (including phenoxy) is 1. The zero-order valence-corrected chi connectivity index (χ0v) is 12.9. The van der Waals surface area contributed by atoms with E-state index < -0.39 is 17.3 Å². The summed E-state index contributed by atoms with van der Waals surface area (Å²) in [5.41, 5.74) is -0.167. The van der Waals surface area contributed by atoms with Crippen LogP contribution in [0.3, 0.4) is 0 Å². The fourth-order valence-corrected chi connectivity index (χ4v) is 2.29. The molecular formula is C14H16BrNO4. The lowest BCUT2D eigenvalue weighted by molar-refractivity contribution is -0.146. The first-order valence-electron chi connectivity index (χ1n) is 6.24. The lowest BCUT2D eigenvalue weighted by Gasteiger charge is -2.20. The van der Waals surface area contributed by atoms with E-state index in [1.54, 1.807) is 13.8 Å². The summed E-state index contributed by atoms with van der Waals surface area (Å²) in [4.78, 5) is 23.2. The van der Waals surface area contributed by atoms with Gasteiger partial charge >= 0.3 is 5.97 Å². The number of carbonyl (C=O) groups is 2. The maximum absolute atomic E-state index is 12.2. The number of hydrogen-bond donors (Lipinski definition) is 2. The third-order valence-corrected chi connectivity index (χ3v) is 3.85. The normalized spacial score (nSPS) is 17.2. The number of aliphatic carboxylic acids is 1. The van der Waals surface area contributed by atoms with Crippen molar-refractivity contribution in [2.24, 2.45) is 5.41 Å². The number of carboxylic acids is 1. The van der Waals surface area contributed by atoms with Crippen molar-refractivity contribution in [1.29, 1.82) is 0 Å². The number of benzene rings is 1. The van der Waals surface area contributed by atoms with Crippen molar-refractivity contribution in [3.63, 3.8) is 0 Å². The number of carbonyl (C=O) groups excluding carboxylic acids is 1. The first-order chi connectivity index (χ1) is 9.31. The van der Waals surface area contributed by atoms with Crippen LogP contribution in [0.15, 0.2) is 22.7 Å². The Balaban J connectivity index is 2.06. The van der Waals surface area contributed by atoms with Crippen LogP contribution in [0.2, 0.25) is 0 Å². The van der Waals surface area contributed by atoms with Gasteiger partial charge in [0.1, 0.15) is 18.3 Å². The van der Waals surface area contributed by atoms with Crippen LogP contribution in [0, 0.1) is 5.41 Å². The zero-order valence-electron chi connectivity index (χ0n) is 11.3. The van der Waals surface area contributed by atoms with Gasteiger partial charge in [-0.05, 0) is 32.0 Å². The lowest BCUT2D eigenvalue weighted by atomic mass is 9.93. The van der Waals surface area contributed by atoms with Crippen LogP contribution >= 0.6 is 15.9 Å². The van der Waals surface area contributed by atoms with Crippen molar-refractivity contribution in [3.8, 4) is 5.75 Å². The Labute approximate surface area is 125 Å². The summed E-state index contributed by atoms with van der Waals surface area (Å²) in [6.45, 7) is 3.52. The second kappa shape index (κ2) is 5.44. The molecule has 2 N–H and O–H groups in total. The van der Waals surface area contributed by atoms with E-state index >= 15 is 0 Å². The molecular weight excluding hydrogens is 326 g/mol. The highest BCUT2D eigenvalue weighted by Gasteiger charge is 2.33. The monoisotopic (exact) mass is 341 g/mol. The molecule has 1 heterocycles. The molecule has 0 fully saturated rings. The van der Waals surface area contributed by atoms with E-state index in [2.05, 4.69) is 21.2 Å². The van der Waals surface area contributed by atoms with Crippen molar-refractivity contribution >= 4 is 27.8 Å². The first kappa shape index (κ1) is 14.8. The van der Waals surface area contributed by atoms with Crippen molar-refractivity contribution in [3.05, 3.63) is 28.2 Å². The Kier molecular flexibility index (Phi) is 4.04. The number of rotatable bonds is 4. The molecule has 6 heteroatoms. The molecule has 0 saturated carbocycles. The average molecular weight is 342 g/mol. The van der Waals surface area contributed by atoms with Gasteiger partial charge in [-0.1, -0.05) is 15.9 Å². The van der Waals surface area contributed by atoms with E-state index in [4.69, 9.17) is 9.84 Å². The fourth-order valence-electron chi connectivity index (χ4n) is 1.91. The van der Waals surface area contributed by atoms with E-state index in [0.29, 0.717) is 5.75 Å². The third-order valence-electron chi connectivity index (χ3n) is 3.35. The number of hydrogen-bond acceptors (Lipinski definition) is 3. The van der Waals surface area contributed by atoms with Crippen LogP contribution in [-0.4, -0.2) is 30.1 Å². The van der Waals surface area contributed by atoms with Crippen LogP contribution in [0.5, 0.6) is 5.75 Å². The minimum atomic E-state index is -0.991. The fraction of sp³-hybridized carbons (Fsp3) is 0.429.